The third-order valence-electron chi connectivity index (χ3n) is 2.55. The second-order valence-corrected chi connectivity index (χ2v) is 4.52. The summed E-state index contributed by atoms with van der Waals surface area (Å²) < 4.78 is 7.19. The van der Waals surface area contributed by atoms with Crippen LogP contribution in [0.5, 0.6) is 6.01 Å². The Bertz CT molecular complexity index is 483. The van der Waals surface area contributed by atoms with E-state index in [2.05, 4.69) is 34.7 Å². The topological polar surface area (TPSA) is 64.9 Å². The van der Waals surface area contributed by atoms with Crippen molar-refractivity contribution in [3.8, 4) is 11.7 Å². The zero-order valence-electron chi connectivity index (χ0n) is 11.3. The van der Waals surface area contributed by atoms with Crippen LogP contribution in [0.25, 0.3) is 5.69 Å². The van der Waals surface area contributed by atoms with Gasteiger partial charge in [0.1, 0.15) is 0 Å². The number of aromatic nitrogens is 4. The molecule has 0 radical (unpaired) electrons. The molecule has 0 saturated carbocycles. The molecule has 0 atom stereocenters. The molecule has 1 aromatic heterocycles. The molecular weight excluding hydrogens is 242 g/mol. The van der Waals surface area contributed by atoms with Crippen LogP contribution in [0.4, 0.5) is 0 Å². The average molecular weight is 261 g/mol. The first-order valence-electron chi connectivity index (χ1n) is 6.47. The van der Waals surface area contributed by atoms with E-state index in [0.717, 1.165) is 18.7 Å². The third kappa shape index (κ3) is 4.03. The summed E-state index contributed by atoms with van der Waals surface area (Å²) in [7, 11) is 0. The maximum atomic E-state index is 5.60. The molecule has 0 spiro atoms. The maximum absolute atomic E-state index is 5.60. The number of rotatable bonds is 7. The van der Waals surface area contributed by atoms with E-state index in [1.807, 2.05) is 30.3 Å². The quantitative estimate of drug-likeness (QED) is 0.764. The molecule has 1 N–H and O–H groups in total. The maximum Gasteiger partial charge on any atom is 0.340 e. The van der Waals surface area contributed by atoms with E-state index in [4.69, 9.17) is 4.74 Å². The van der Waals surface area contributed by atoms with Gasteiger partial charge in [-0.05, 0) is 35.5 Å². The highest BCUT2D eigenvalue weighted by Gasteiger charge is 2.08. The van der Waals surface area contributed by atoms with E-state index in [-0.39, 0.29) is 0 Å². The number of para-hydroxylation sites is 1. The van der Waals surface area contributed by atoms with Crippen LogP contribution >= 0.6 is 0 Å². The van der Waals surface area contributed by atoms with Gasteiger partial charge in [0.05, 0.1) is 12.3 Å². The zero-order valence-corrected chi connectivity index (χ0v) is 11.3. The predicted octanol–water partition coefficient (Wildman–Crippen LogP) is 1.43. The predicted molar refractivity (Wildman–Crippen MR) is 72.4 cm³/mol. The van der Waals surface area contributed by atoms with Crippen LogP contribution in [0.3, 0.4) is 0 Å². The van der Waals surface area contributed by atoms with Gasteiger partial charge in [-0.2, -0.15) is 4.68 Å². The molecule has 0 saturated heterocycles. The van der Waals surface area contributed by atoms with E-state index in [9.17, 15) is 0 Å². The molecule has 6 nitrogen and oxygen atoms in total. The van der Waals surface area contributed by atoms with E-state index in [1.165, 1.54) is 0 Å². The lowest BCUT2D eigenvalue weighted by Crippen LogP contribution is -2.25. The number of tetrazole rings is 1. The Kier molecular flexibility index (Phi) is 4.85. The summed E-state index contributed by atoms with van der Waals surface area (Å²) in [6.45, 7) is 5.76. The van der Waals surface area contributed by atoms with Gasteiger partial charge in [-0.25, -0.2) is 0 Å². The first-order chi connectivity index (χ1) is 9.27. The molecule has 2 rings (SSSR count). The number of hydrogen-bond donors (Lipinski definition) is 1. The van der Waals surface area contributed by atoms with Gasteiger partial charge in [-0.3, -0.25) is 0 Å². The minimum atomic E-state index is 0.427. The molecule has 0 aliphatic rings. The average Bonchev–Trinajstić information content (AvgIpc) is 2.87. The van der Waals surface area contributed by atoms with Gasteiger partial charge < -0.3 is 10.1 Å². The molecule has 0 bridgehead atoms. The minimum Gasteiger partial charge on any atom is -0.462 e. The van der Waals surface area contributed by atoms with Crippen molar-refractivity contribution in [3.63, 3.8) is 0 Å². The molecule has 2 aromatic rings. The Morgan fingerprint density at radius 3 is 2.79 bits per heavy atom. The number of nitrogens with zero attached hydrogens (tertiary/aromatic N) is 4. The lowest BCUT2D eigenvalue weighted by atomic mass is 10.3. The van der Waals surface area contributed by atoms with Crippen molar-refractivity contribution in [1.82, 2.24) is 25.5 Å². The molecule has 0 fully saturated rings. The van der Waals surface area contributed by atoms with Crippen molar-refractivity contribution in [3.05, 3.63) is 30.3 Å². The van der Waals surface area contributed by atoms with Gasteiger partial charge in [0, 0.05) is 6.04 Å². The number of benzene rings is 1. The largest absolute Gasteiger partial charge is 0.462 e. The number of ether oxygens (including phenoxy) is 1. The normalized spacial score (nSPS) is 10.9. The Morgan fingerprint density at radius 2 is 2.05 bits per heavy atom. The summed E-state index contributed by atoms with van der Waals surface area (Å²) in [5.74, 6) is 0. The fourth-order valence-corrected chi connectivity index (χ4v) is 1.63. The highest BCUT2D eigenvalue weighted by atomic mass is 16.5. The highest BCUT2D eigenvalue weighted by molar-refractivity contribution is 5.31. The fraction of sp³-hybridized carbons (Fsp3) is 0.462. The van der Waals surface area contributed by atoms with Crippen LogP contribution < -0.4 is 10.1 Å². The smallest absolute Gasteiger partial charge is 0.340 e. The van der Waals surface area contributed by atoms with Gasteiger partial charge in [0.2, 0.25) is 0 Å². The van der Waals surface area contributed by atoms with Crippen molar-refractivity contribution >= 4 is 0 Å². The Balaban J connectivity index is 1.87. The van der Waals surface area contributed by atoms with Crippen LogP contribution in [-0.4, -0.2) is 39.4 Å². The van der Waals surface area contributed by atoms with Crippen LogP contribution in [0, 0.1) is 0 Å². The van der Waals surface area contributed by atoms with Crippen molar-refractivity contribution in [1.29, 1.82) is 0 Å². The standard InChI is InChI=1S/C13H19N5O/c1-11(2)14-9-6-10-19-13-15-16-17-18(13)12-7-4-3-5-8-12/h3-5,7-8,11,14H,6,9-10H2,1-2H3. The molecule has 19 heavy (non-hydrogen) atoms. The summed E-state index contributed by atoms with van der Waals surface area (Å²) >= 11 is 0. The summed E-state index contributed by atoms with van der Waals surface area (Å²) in [4.78, 5) is 0. The van der Waals surface area contributed by atoms with Crippen molar-refractivity contribution in [2.24, 2.45) is 0 Å². The van der Waals surface area contributed by atoms with E-state index in [0.29, 0.717) is 18.7 Å². The van der Waals surface area contributed by atoms with E-state index < -0.39 is 0 Å². The molecule has 0 amide bonds. The Morgan fingerprint density at radius 1 is 1.26 bits per heavy atom. The summed E-state index contributed by atoms with van der Waals surface area (Å²) in [6, 6.07) is 10.6. The molecule has 0 aliphatic carbocycles. The number of hydrogen-bond acceptors (Lipinski definition) is 5. The van der Waals surface area contributed by atoms with Crippen molar-refractivity contribution in [2.45, 2.75) is 26.3 Å². The monoisotopic (exact) mass is 261 g/mol. The SMILES string of the molecule is CC(C)NCCCOc1nnnn1-c1ccccc1. The first-order valence-corrected chi connectivity index (χ1v) is 6.47. The van der Waals surface area contributed by atoms with Gasteiger partial charge >= 0.3 is 6.01 Å². The van der Waals surface area contributed by atoms with Crippen LogP contribution in [0.2, 0.25) is 0 Å². The molecule has 0 aliphatic heterocycles. The van der Waals surface area contributed by atoms with E-state index >= 15 is 0 Å². The van der Waals surface area contributed by atoms with Crippen molar-refractivity contribution in [2.75, 3.05) is 13.2 Å². The summed E-state index contributed by atoms with van der Waals surface area (Å²) in [5.41, 5.74) is 0.891. The molecular formula is C13H19N5O. The summed E-state index contributed by atoms with van der Waals surface area (Å²) in [6.07, 6.45) is 0.916. The minimum absolute atomic E-state index is 0.427. The molecule has 102 valence electrons. The lowest BCUT2D eigenvalue weighted by Gasteiger charge is -2.08. The van der Waals surface area contributed by atoms with Gasteiger partial charge in [0.25, 0.3) is 0 Å². The van der Waals surface area contributed by atoms with Gasteiger partial charge in [-0.15, -0.1) is 0 Å². The second kappa shape index (κ2) is 6.84. The second-order valence-electron chi connectivity index (χ2n) is 4.52. The van der Waals surface area contributed by atoms with Crippen LogP contribution in [0.1, 0.15) is 20.3 Å². The fourth-order valence-electron chi connectivity index (χ4n) is 1.63. The van der Waals surface area contributed by atoms with Crippen LogP contribution in [0.15, 0.2) is 30.3 Å². The van der Waals surface area contributed by atoms with Gasteiger partial charge in [-0.1, -0.05) is 37.1 Å². The first kappa shape index (κ1) is 13.5. The van der Waals surface area contributed by atoms with Gasteiger partial charge in [0.15, 0.2) is 0 Å². The molecule has 6 heteroatoms. The van der Waals surface area contributed by atoms with Crippen LogP contribution in [-0.2, 0) is 0 Å². The molecule has 1 aromatic carbocycles. The lowest BCUT2D eigenvalue weighted by molar-refractivity contribution is 0.276. The van der Waals surface area contributed by atoms with Crippen molar-refractivity contribution < 1.29 is 4.74 Å². The zero-order chi connectivity index (χ0) is 13.5. The Labute approximate surface area is 112 Å². The molecule has 1 heterocycles. The third-order valence-corrected chi connectivity index (χ3v) is 2.55. The van der Waals surface area contributed by atoms with E-state index in [1.54, 1.807) is 4.68 Å². The molecule has 0 unspecified atom stereocenters. The highest BCUT2D eigenvalue weighted by Crippen LogP contribution is 2.12. The number of nitrogens with one attached hydrogen (secondary N) is 1. The summed E-state index contributed by atoms with van der Waals surface area (Å²) in [5, 5.41) is 14.8. The Hall–Kier alpha value is -1.95.